The van der Waals surface area contributed by atoms with Crippen LogP contribution in [0.25, 0.3) is 22.3 Å². The van der Waals surface area contributed by atoms with E-state index in [4.69, 9.17) is 0 Å². The number of para-hydroxylation sites is 1. The SMILES string of the molecule is Cc1ccc(S(=O)(=O)c2nc(-c3ccccc3C)nc3ccccc23)cc1. The van der Waals surface area contributed by atoms with Crippen molar-refractivity contribution in [3.05, 3.63) is 83.9 Å². The van der Waals surface area contributed by atoms with Crippen molar-refractivity contribution in [1.29, 1.82) is 0 Å². The summed E-state index contributed by atoms with van der Waals surface area (Å²) in [5, 5.41) is 0.561. The lowest BCUT2D eigenvalue weighted by atomic mass is 10.1. The van der Waals surface area contributed by atoms with E-state index in [1.165, 1.54) is 0 Å². The second-order valence-electron chi connectivity index (χ2n) is 6.50. The maximum absolute atomic E-state index is 13.3. The summed E-state index contributed by atoms with van der Waals surface area (Å²) >= 11 is 0. The van der Waals surface area contributed by atoms with E-state index in [9.17, 15) is 8.42 Å². The van der Waals surface area contributed by atoms with Gasteiger partial charge in [-0.15, -0.1) is 0 Å². The Kier molecular flexibility index (Phi) is 4.24. The zero-order chi connectivity index (χ0) is 19.0. The molecule has 1 heterocycles. The number of hydrogen-bond acceptors (Lipinski definition) is 4. The number of hydrogen-bond donors (Lipinski definition) is 0. The highest BCUT2D eigenvalue weighted by Gasteiger charge is 2.24. The molecule has 4 aromatic rings. The minimum atomic E-state index is -3.78. The second-order valence-corrected chi connectivity index (χ2v) is 8.37. The highest BCUT2D eigenvalue weighted by molar-refractivity contribution is 7.91. The number of aryl methyl sites for hydroxylation is 2. The summed E-state index contributed by atoms with van der Waals surface area (Å²) in [6.07, 6.45) is 0. The van der Waals surface area contributed by atoms with Gasteiger partial charge in [-0.3, -0.25) is 0 Å². The topological polar surface area (TPSA) is 59.9 Å². The van der Waals surface area contributed by atoms with Gasteiger partial charge in [-0.05, 0) is 43.7 Å². The summed E-state index contributed by atoms with van der Waals surface area (Å²) < 4.78 is 26.7. The van der Waals surface area contributed by atoms with Gasteiger partial charge in [0.25, 0.3) is 0 Å². The van der Waals surface area contributed by atoms with E-state index >= 15 is 0 Å². The Balaban J connectivity index is 2.02. The van der Waals surface area contributed by atoms with Crippen molar-refractivity contribution in [2.45, 2.75) is 23.8 Å². The first kappa shape index (κ1) is 17.4. The molecule has 0 unspecified atom stereocenters. The first-order valence-electron chi connectivity index (χ1n) is 8.61. The van der Waals surface area contributed by atoms with Gasteiger partial charge in [-0.25, -0.2) is 18.4 Å². The first-order valence-corrected chi connectivity index (χ1v) is 10.1. The number of fused-ring (bicyclic) bond motifs is 1. The molecule has 0 amide bonds. The van der Waals surface area contributed by atoms with Crippen LogP contribution in [0.2, 0.25) is 0 Å². The third-order valence-corrected chi connectivity index (χ3v) is 6.25. The van der Waals surface area contributed by atoms with Crippen LogP contribution in [0.15, 0.2) is 82.7 Å². The van der Waals surface area contributed by atoms with E-state index in [0.717, 1.165) is 16.7 Å². The molecule has 4 rings (SSSR count). The van der Waals surface area contributed by atoms with Crippen LogP contribution in [0.1, 0.15) is 11.1 Å². The minimum absolute atomic E-state index is 0.0372. The van der Waals surface area contributed by atoms with E-state index in [-0.39, 0.29) is 9.92 Å². The Labute approximate surface area is 158 Å². The Morgan fingerprint density at radius 2 is 1.41 bits per heavy atom. The second kappa shape index (κ2) is 6.59. The molecule has 0 spiro atoms. The van der Waals surface area contributed by atoms with Crippen molar-refractivity contribution >= 4 is 20.7 Å². The van der Waals surface area contributed by atoms with Crippen molar-refractivity contribution in [3.63, 3.8) is 0 Å². The average molecular weight is 374 g/mol. The summed E-state index contributed by atoms with van der Waals surface area (Å²) in [4.78, 5) is 9.35. The molecule has 134 valence electrons. The van der Waals surface area contributed by atoms with Crippen LogP contribution in [0.3, 0.4) is 0 Å². The molecule has 0 saturated heterocycles. The van der Waals surface area contributed by atoms with Crippen LogP contribution in [0.4, 0.5) is 0 Å². The lowest BCUT2D eigenvalue weighted by molar-refractivity contribution is 0.593. The van der Waals surface area contributed by atoms with Crippen LogP contribution in [-0.4, -0.2) is 18.4 Å². The van der Waals surface area contributed by atoms with Gasteiger partial charge in [0, 0.05) is 10.9 Å². The van der Waals surface area contributed by atoms with Crippen LogP contribution >= 0.6 is 0 Å². The third kappa shape index (κ3) is 3.11. The first-order chi connectivity index (χ1) is 13.0. The molecule has 0 fully saturated rings. The summed E-state index contributed by atoms with van der Waals surface area (Å²) in [5.41, 5.74) is 3.42. The normalized spacial score (nSPS) is 11.6. The molecule has 0 atom stereocenters. The molecular formula is C22H18N2O2S. The van der Waals surface area contributed by atoms with Crippen molar-refractivity contribution in [2.24, 2.45) is 0 Å². The lowest BCUT2D eigenvalue weighted by Gasteiger charge is -2.11. The Hall–Kier alpha value is -3.05. The molecule has 0 aliphatic carbocycles. The van der Waals surface area contributed by atoms with Crippen molar-refractivity contribution < 1.29 is 8.42 Å². The monoisotopic (exact) mass is 374 g/mol. The standard InChI is InChI=1S/C22H18N2O2S/c1-15-11-13-17(14-12-15)27(25,26)22-19-9-5-6-10-20(19)23-21(24-22)18-8-4-3-7-16(18)2/h3-14H,1-2H3. The predicted octanol–water partition coefficient (Wildman–Crippen LogP) is 4.75. The lowest BCUT2D eigenvalue weighted by Crippen LogP contribution is -2.08. The van der Waals surface area contributed by atoms with E-state index in [0.29, 0.717) is 16.7 Å². The van der Waals surface area contributed by atoms with Gasteiger partial charge in [-0.1, -0.05) is 54.1 Å². The van der Waals surface area contributed by atoms with Crippen LogP contribution in [0, 0.1) is 13.8 Å². The molecule has 4 nitrogen and oxygen atoms in total. The molecule has 0 aliphatic rings. The summed E-state index contributed by atoms with van der Waals surface area (Å²) in [6, 6.07) is 21.7. The molecule has 5 heteroatoms. The molecule has 3 aromatic carbocycles. The van der Waals surface area contributed by atoms with Crippen LogP contribution < -0.4 is 0 Å². The largest absolute Gasteiger partial charge is 0.228 e. The molecule has 1 aromatic heterocycles. The van der Waals surface area contributed by atoms with Gasteiger partial charge in [0.1, 0.15) is 0 Å². The van der Waals surface area contributed by atoms with Gasteiger partial charge in [0.05, 0.1) is 10.4 Å². The van der Waals surface area contributed by atoms with Gasteiger partial charge in [-0.2, -0.15) is 0 Å². The Morgan fingerprint density at radius 3 is 2.15 bits per heavy atom. The fraction of sp³-hybridized carbons (Fsp3) is 0.0909. The minimum Gasteiger partial charge on any atom is -0.228 e. The molecule has 0 N–H and O–H groups in total. The summed E-state index contributed by atoms with van der Waals surface area (Å²) in [6.45, 7) is 3.88. The fourth-order valence-electron chi connectivity index (χ4n) is 3.03. The number of benzene rings is 3. The van der Waals surface area contributed by atoms with Gasteiger partial charge in [0.15, 0.2) is 10.9 Å². The highest BCUT2D eigenvalue weighted by atomic mass is 32.2. The number of aromatic nitrogens is 2. The molecule has 27 heavy (non-hydrogen) atoms. The zero-order valence-electron chi connectivity index (χ0n) is 15.0. The molecule has 0 radical (unpaired) electrons. The summed E-state index contributed by atoms with van der Waals surface area (Å²) in [5.74, 6) is 0.414. The smallest absolute Gasteiger partial charge is 0.224 e. The van der Waals surface area contributed by atoms with Crippen molar-refractivity contribution in [1.82, 2.24) is 9.97 Å². The predicted molar refractivity (Wildman–Crippen MR) is 106 cm³/mol. The van der Waals surface area contributed by atoms with Crippen LogP contribution in [-0.2, 0) is 9.84 Å². The molecule has 0 aliphatic heterocycles. The Morgan fingerprint density at radius 1 is 0.741 bits per heavy atom. The maximum Gasteiger partial charge on any atom is 0.224 e. The van der Waals surface area contributed by atoms with E-state index in [1.54, 1.807) is 36.4 Å². The molecule has 0 saturated carbocycles. The quantitative estimate of drug-likeness (QED) is 0.486. The number of rotatable bonds is 3. The van der Waals surface area contributed by atoms with Gasteiger partial charge >= 0.3 is 0 Å². The third-order valence-electron chi connectivity index (χ3n) is 4.54. The van der Waals surface area contributed by atoms with E-state index in [1.807, 2.05) is 50.2 Å². The average Bonchev–Trinajstić information content (AvgIpc) is 2.68. The van der Waals surface area contributed by atoms with Crippen LogP contribution in [0.5, 0.6) is 0 Å². The number of sulfone groups is 1. The Bertz CT molecular complexity index is 1250. The van der Waals surface area contributed by atoms with Crippen molar-refractivity contribution in [3.8, 4) is 11.4 Å². The summed E-state index contributed by atoms with van der Waals surface area (Å²) in [7, 11) is -3.78. The van der Waals surface area contributed by atoms with E-state index in [2.05, 4.69) is 9.97 Å². The van der Waals surface area contributed by atoms with Gasteiger partial charge in [0.2, 0.25) is 9.84 Å². The highest BCUT2D eigenvalue weighted by Crippen LogP contribution is 2.29. The molecule has 0 bridgehead atoms. The fourth-order valence-corrected chi connectivity index (χ4v) is 4.41. The maximum atomic E-state index is 13.3. The zero-order valence-corrected chi connectivity index (χ0v) is 15.9. The molecular weight excluding hydrogens is 356 g/mol. The van der Waals surface area contributed by atoms with Crippen molar-refractivity contribution in [2.75, 3.05) is 0 Å². The van der Waals surface area contributed by atoms with E-state index < -0.39 is 9.84 Å². The number of nitrogens with zero attached hydrogens (tertiary/aromatic N) is 2. The van der Waals surface area contributed by atoms with Gasteiger partial charge < -0.3 is 0 Å².